The summed E-state index contributed by atoms with van der Waals surface area (Å²) in [6.45, 7) is 6.15. The zero-order chi connectivity index (χ0) is 17.7. The van der Waals surface area contributed by atoms with Gasteiger partial charge in [-0.15, -0.1) is 0 Å². The molecule has 1 amide bonds. The predicted octanol–water partition coefficient (Wildman–Crippen LogP) is 2.74. The van der Waals surface area contributed by atoms with Gasteiger partial charge in [-0.3, -0.25) is 4.79 Å². The molecule has 0 bridgehead atoms. The number of aromatic nitrogens is 1. The number of ether oxygens (including phenoxy) is 1. The maximum Gasteiger partial charge on any atom is 0.340 e. The van der Waals surface area contributed by atoms with Gasteiger partial charge in [0, 0.05) is 30.0 Å². The van der Waals surface area contributed by atoms with Crippen LogP contribution in [0.5, 0.6) is 0 Å². The fraction of sp³-hybridized carbons (Fsp3) is 0.333. The second-order valence-corrected chi connectivity index (χ2v) is 5.47. The second-order valence-electron chi connectivity index (χ2n) is 5.47. The van der Waals surface area contributed by atoms with Gasteiger partial charge < -0.3 is 14.6 Å². The van der Waals surface area contributed by atoms with Crippen LogP contribution in [0, 0.1) is 19.7 Å². The number of rotatable bonds is 6. The van der Waals surface area contributed by atoms with E-state index in [0.29, 0.717) is 11.1 Å². The predicted molar refractivity (Wildman–Crippen MR) is 88.1 cm³/mol. The molecule has 0 fully saturated rings. The molecule has 0 unspecified atom stereocenters. The van der Waals surface area contributed by atoms with E-state index in [4.69, 9.17) is 4.74 Å². The number of hydrogen-bond acceptors (Lipinski definition) is 3. The normalized spacial score (nSPS) is 10.5. The number of benzene rings is 1. The molecule has 0 aliphatic carbocycles. The summed E-state index contributed by atoms with van der Waals surface area (Å²) >= 11 is 0. The highest BCUT2D eigenvalue weighted by atomic mass is 19.1. The average Bonchev–Trinajstić information content (AvgIpc) is 2.85. The van der Waals surface area contributed by atoms with Crippen LogP contribution >= 0.6 is 0 Å². The van der Waals surface area contributed by atoms with E-state index in [9.17, 15) is 14.0 Å². The van der Waals surface area contributed by atoms with Gasteiger partial charge in [0.15, 0.2) is 6.61 Å². The lowest BCUT2D eigenvalue weighted by atomic mass is 10.2. The Kier molecular flexibility index (Phi) is 5.73. The highest BCUT2D eigenvalue weighted by Gasteiger charge is 2.17. The number of nitrogens with zero attached hydrogens (tertiary/aromatic N) is 1. The molecular formula is C18H21FN2O3. The van der Waals surface area contributed by atoms with E-state index in [1.165, 1.54) is 6.07 Å². The molecule has 128 valence electrons. The van der Waals surface area contributed by atoms with Crippen molar-refractivity contribution in [2.45, 2.75) is 33.9 Å². The van der Waals surface area contributed by atoms with Crippen LogP contribution < -0.4 is 5.32 Å². The summed E-state index contributed by atoms with van der Waals surface area (Å²) < 4.78 is 20.5. The maximum absolute atomic E-state index is 13.5. The summed E-state index contributed by atoms with van der Waals surface area (Å²) in [4.78, 5) is 23.9. The van der Waals surface area contributed by atoms with Gasteiger partial charge in [-0.2, -0.15) is 0 Å². The van der Waals surface area contributed by atoms with Gasteiger partial charge in [0.2, 0.25) is 0 Å². The maximum atomic E-state index is 13.5. The van der Waals surface area contributed by atoms with Crippen LogP contribution in [0.25, 0.3) is 0 Å². The third-order valence-electron chi connectivity index (χ3n) is 3.88. The Morgan fingerprint density at radius 2 is 1.96 bits per heavy atom. The van der Waals surface area contributed by atoms with Crippen LogP contribution in [0.1, 0.15) is 34.2 Å². The third-order valence-corrected chi connectivity index (χ3v) is 3.88. The van der Waals surface area contributed by atoms with E-state index in [2.05, 4.69) is 5.32 Å². The summed E-state index contributed by atoms with van der Waals surface area (Å²) in [5.41, 5.74) is 2.61. The topological polar surface area (TPSA) is 60.3 Å². The SMILES string of the molecule is CCn1c(C)cc(C(=O)OCC(=O)NCc2ccccc2F)c1C. The molecule has 1 aromatic heterocycles. The van der Waals surface area contributed by atoms with Gasteiger partial charge in [0.1, 0.15) is 5.82 Å². The number of hydrogen-bond donors (Lipinski definition) is 1. The van der Waals surface area contributed by atoms with Crippen molar-refractivity contribution in [1.82, 2.24) is 9.88 Å². The first kappa shape index (κ1) is 17.7. The first-order valence-electron chi connectivity index (χ1n) is 7.78. The van der Waals surface area contributed by atoms with Crippen molar-refractivity contribution in [3.8, 4) is 0 Å². The van der Waals surface area contributed by atoms with Gasteiger partial charge in [-0.25, -0.2) is 9.18 Å². The molecule has 0 saturated heterocycles. The molecule has 2 aromatic rings. The van der Waals surface area contributed by atoms with Crippen molar-refractivity contribution in [3.05, 3.63) is 58.7 Å². The van der Waals surface area contributed by atoms with Crippen molar-refractivity contribution in [2.75, 3.05) is 6.61 Å². The smallest absolute Gasteiger partial charge is 0.340 e. The van der Waals surface area contributed by atoms with Crippen LogP contribution in [0.3, 0.4) is 0 Å². The Labute approximate surface area is 140 Å². The molecule has 1 N–H and O–H groups in total. The summed E-state index contributed by atoms with van der Waals surface area (Å²) in [5.74, 6) is -1.40. The highest BCUT2D eigenvalue weighted by molar-refractivity contribution is 5.92. The van der Waals surface area contributed by atoms with E-state index >= 15 is 0 Å². The minimum atomic E-state index is -0.538. The van der Waals surface area contributed by atoms with Crippen LogP contribution in [-0.2, 0) is 22.6 Å². The molecule has 0 spiro atoms. The van der Waals surface area contributed by atoms with Crippen molar-refractivity contribution in [3.63, 3.8) is 0 Å². The van der Waals surface area contributed by atoms with Crippen molar-refractivity contribution in [1.29, 1.82) is 0 Å². The number of amides is 1. The third kappa shape index (κ3) is 4.01. The second kappa shape index (κ2) is 7.77. The molecular weight excluding hydrogens is 311 g/mol. The summed E-state index contributed by atoms with van der Waals surface area (Å²) in [7, 11) is 0. The molecule has 5 nitrogen and oxygen atoms in total. The summed E-state index contributed by atoms with van der Waals surface area (Å²) in [5, 5.41) is 2.53. The summed E-state index contributed by atoms with van der Waals surface area (Å²) in [6.07, 6.45) is 0. The fourth-order valence-corrected chi connectivity index (χ4v) is 2.59. The van der Waals surface area contributed by atoms with Crippen molar-refractivity contribution < 1.29 is 18.7 Å². The Balaban J connectivity index is 1.88. The van der Waals surface area contributed by atoms with Crippen molar-refractivity contribution >= 4 is 11.9 Å². The van der Waals surface area contributed by atoms with Crippen LogP contribution in [0.2, 0.25) is 0 Å². The molecule has 24 heavy (non-hydrogen) atoms. The average molecular weight is 332 g/mol. The lowest BCUT2D eigenvalue weighted by Gasteiger charge is -2.08. The van der Waals surface area contributed by atoms with E-state index in [-0.39, 0.29) is 12.4 Å². The highest BCUT2D eigenvalue weighted by Crippen LogP contribution is 2.16. The van der Waals surface area contributed by atoms with Gasteiger partial charge in [0.05, 0.1) is 5.56 Å². The number of halogens is 1. The Hall–Kier alpha value is -2.63. The van der Waals surface area contributed by atoms with E-state index in [1.54, 1.807) is 24.3 Å². The molecule has 1 aromatic carbocycles. The number of carbonyl (C=O) groups is 2. The lowest BCUT2D eigenvalue weighted by Crippen LogP contribution is -2.28. The Morgan fingerprint density at radius 1 is 1.25 bits per heavy atom. The lowest BCUT2D eigenvalue weighted by molar-refractivity contribution is -0.124. The Bertz CT molecular complexity index is 753. The molecule has 0 aliphatic rings. The largest absolute Gasteiger partial charge is 0.452 e. The van der Waals surface area contributed by atoms with Gasteiger partial charge in [-0.05, 0) is 32.9 Å². The van der Waals surface area contributed by atoms with Crippen molar-refractivity contribution in [2.24, 2.45) is 0 Å². The number of esters is 1. The monoisotopic (exact) mass is 332 g/mol. The molecule has 2 rings (SSSR count). The minimum Gasteiger partial charge on any atom is -0.452 e. The van der Waals surface area contributed by atoms with E-state index < -0.39 is 18.5 Å². The first-order chi connectivity index (χ1) is 11.4. The first-order valence-corrected chi connectivity index (χ1v) is 7.78. The van der Waals surface area contributed by atoms with E-state index in [1.807, 2.05) is 25.3 Å². The molecule has 0 aliphatic heterocycles. The van der Waals surface area contributed by atoms with Crippen LogP contribution in [0.15, 0.2) is 30.3 Å². The van der Waals surface area contributed by atoms with Crippen LogP contribution in [0.4, 0.5) is 4.39 Å². The standard InChI is InChI=1S/C18H21FN2O3/c1-4-21-12(2)9-15(13(21)3)18(23)24-11-17(22)20-10-14-7-5-6-8-16(14)19/h5-9H,4,10-11H2,1-3H3,(H,20,22). The Morgan fingerprint density at radius 3 is 2.58 bits per heavy atom. The molecule has 0 saturated carbocycles. The van der Waals surface area contributed by atoms with Gasteiger partial charge in [0.25, 0.3) is 5.91 Å². The van der Waals surface area contributed by atoms with E-state index in [0.717, 1.165) is 17.9 Å². The summed E-state index contributed by atoms with van der Waals surface area (Å²) in [6, 6.07) is 7.92. The fourth-order valence-electron chi connectivity index (χ4n) is 2.59. The number of carbonyl (C=O) groups excluding carboxylic acids is 2. The van der Waals surface area contributed by atoms with Gasteiger partial charge >= 0.3 is 5.97 Å². The zero-order valence-electron chi connectivity index (χ0n) is 14.1. The number of nitrogens with one attached hydrogen (secondary N) is 1. The molecule has 1 heterocycles. The molecule has 0 radical (unpaired) electrons. The number of aryl methyl sites for hydroxylation is 1. The zero-order valence-corrected chi connectivity index (χ0v) is 14.1. The molecule has 0 atom stereocenters. The minimum absolute atomic E-state index is 0.0490. The van der Waals surface area contributed by atoms with Gasteiger partial charge in [-0.1, -0.05) is 18.2 Å². The quantitative estimate of drug-likeness (QED) is 0.828. The molecule has 6 heteroatoms. The van der Waals surface area contributed by atoms with Crippen LogP contribution in [-0.4, -0.2) is 23.1 Å².